The molecule has 6 heteroatoms. The number of amides is 1. The summed E-state index contributed by atoms with van der Waals surface area (Å²) in [7, 11) is 0. The summed E-state index contributed by atoms with van der Waals surface area (Å²) in [5.74, 6) is -0.634. The molecule has 1 aromatic carbocycles. The molecule has 21 heavy (non-hydrogen) atoms. The van der Waals surface area contributed by atoms with E-state index >= 15 is 0 Å². The van der Waals surface area contributed by atoms with E-state index in [9.17, 15) is 9.18 Å². The Labute approximate surface area is 135 Å². The molecule has 118 valence electrons. The smallest absolute Gasteiger partial charge is 0.220 e. The van der Waals surface area contributed by atoms with E-state index < -0.39 is 11.9 Å². The molecule has 0 aliphatic carbocycles. The van der Waals surface area contributed by atoms with Gasteiger partial charge in [0.25, 0.3) is 0 Å². The molecule has 0 saturated carbocycles. The number of halogens is 3. The molecule has 0 fully saturated rings. The molecule has 1 unspecified atom stereocenters. The Bertz CT molecular complexity index is 483. The van der Waals surface area contributed by atoms with Crippen molar-refractivity contribution in [3.8, 4) is 0 Å². The first kappa shape index (κ1) is 18.2. The lowest BCUT2D eigenvalue weighted by Gasteiger charge is -2.17. The number of unbranched alkanes of at least 4 members (excludes halogenated alkanes) is 3. The zero-order chi connectivity index (χ0) is 15.8. The van der Waals surface area contributed by atoms with Gasteiger partial charge in [0, 0.05) is 17.0 Å². The van der Waals surface area contributed by atoms with Gasteiger partial charge in [-0.05, 0) is 38.4 Å². The van der Waals surface area contributed by atoms with Crippen LogP contribution in [0.15, 0.2) is 12.1 Å². The topological polar surface area (TPSA) is 55.1 Å². The molecule has 0 spiro atoms. The molecule has 0 heterocycles. The van der Waals surface area contributed by atoms with E-state index in [0.717, 1.165) is 25.7 Å². The van der Waals surface area contributed by atoms with Crippen LogP contribution in [0.5, 0.6) is 0 Å². The standard InChI is InChI=1S/C15H21Cl2FN2O/c1-10(14-11(16)7-8-12(18)15(14)17)20-13(21)6-4-2-3-5-9-19/h7-8,10H,2-6,9,19H2,1H3,(H,20,21). The van der Waals surface area contributed by atoms with E-state index in [4.69, 9.17) is 28.9 Å². The Hall–Kier alpha value is -0.840. The Balaban J connectivity index is 2.51. The number of hydrogen-bond donors (Lipinski definition) is 2. The third kappa shape index (κ3) is 5.81. The van der Waals surface area contributed by atoms with Crippen molar-refractivity contribution in [1.29, 1.82) is 0 Å². The molecular formula is C15H21Cl2FN2O. The van der Waals surface area contributed by atoms with Crippen LogP contribution in [-0.4, -0.2) is 12.5 Å². The summed E-state index contributed by atoms with van der Waals surface area (Å²) in [4.78, 5) is 11.9. The van der Waals surface area contributed by atoms with Crippen molar-refractivity contribution in [2.24, 2.45) is 5.73 Å². The molecule has 0 aliphatic heterocycles. The number of carbonyl (C=O) groups is 1. The van der Waals surface area contributed by atoms with E-state index in [2.05, 4.69) is 5.32 Å². The summed E-state index contributed by atoms with van der Waals surface area (Å²) < 4.78 is 13.5. The zero-order valence-corrected chi connectivity index (χ0v) is 13.6. The average molecular weight is 335 g/mol. The van der Waals surface area contributed by atoms with Gasteiger partial charge in [-0.3, -0.25) is 4.79 Å². The van der Waals surface area contributed by atoms with Crippen LogP contribution < -0.4 is 11.1 Å². The summed E-state index contributed by atoms with van der Waals surface area (Å²) >= 11 is 11.9. The molecule has 3 nitrogen and oxygen atoms in total. The van der Waals surface area contributed by atoms with E-state index in [-0.39, 0.29) is 10.9 Å². The number of carbonyl (C=O) groups excluding carboxylic acids is 1. The summed E-state index contributed by atoms with van der Waals surface area (Å²) in [6.45, 7) is 2.42. The maximum Gasteiger partial charge on any atom is 0.220 e. The quantitative estimate of drug-likeness (QED) is 0.552. The lowest BCUT2D eigenvalue weighted by molar-refractivity contribution is -0.121. The largest absolute Gasteiger partial charge is 0.349 e. The highest BCUT2D eigenvalue weighted by Gasteiger charge is 2.18. The van der Waals surface area contributed by atoms with Crippen LogP contribution in [0, 0.1) is 5.82 Å². The van der Waals surface area contributed by atoms with Crippen LogP contribution in [-0.2, 0) is 4.79 Å². The van der Waals surface area contributed by atoms with Gasteiger partial charge >= 0.3 is 0 Å². The molecule has 1 rings (SSSR count). The lowest BCUT2D eigenvalue weighted by atomic mass is 10.1. The molecule has 0 aliphatic rings. The van der Waals surface area contributed by atoms with E-state index in [1.54, 1.807) is 6.92 Å². The highest BCUT2D eigenvalue weighted by molar-refractivity contribution is 6.36. The van der Waals surface area contributed by atoms with Gasteiger partial charge in [-0.15, -0.1) is 0 Å². The molecule has 3 N–H and O–H groups in total. The van der Waals surface area contributed by atoms with Crippen LogP contribution in [0.4, 0.5) is 4.39 Å². The van der Waals surface area contributed by atoms with E-state index in [0.29, 0.717) is 23.6 Å². The molecule has 0 bridgehead atoms. The molecule has 1 atom stereocenters. The highest BCUT2D eigenvalue weighted by Crippen LogP contribution is 2.32. The second-order valence-electron chi connectivity index (χ2n) is 5.00. The minimum Gasteiger partial charge on any atom is -0.349 e. The third-order valence-corrected chi connectivity index (χ3v) is 3.96. The predicted octanol–water partition coefficient (Wildman–Crippen LogP) is 4.22. The molecule has 1 aromatic rings. The first-order valence-corrected chi connectivity index (χ1v) is 7.85. The van der Waals surface area contributed by atoms with Crippen LogP contribution in [0.25, 0.3) is 0 Å². The summed E-state index contributed by atoms with van der Waals surface area (Å²) in [6.07, 6.45) is 4.22. The monoisotopic (exact) mass is 334 g/mol. The fourth-order valence-electron chi connectivity index (χ4n) is 2.11. The minimum atomic E-state index is -0.543. The number of hydrogen-bond acceptors (Lipinski definition) is 2. The zero-order valence-electron chi connectivity index (χ0n) is 12.1. The average Bonchev–Trinajstić information content (AvgIpc) is 2.43. The first-order chi connectivity index (χ1) is 9.97. The number of rotatable bonds is 8. The van der Waals surface area contributed by atoms with Crippen molar-refractivity contribution in [1.82, 2.24) is 5.32 Å². The SMILES string of the molecule is CC(NC(=O)CCCCCCN)c1c(Cl)ccc(F)c1Cl. The van der Waals surface area contributed by atoms with Gasteiger partial charge in [0.1, 0.15) is 5.82 Å². The Kier molecular flexibility index (Phi) is 8.01. The highest BCUT2D eigenvalue weighted by atomic mass is 35.5. The molecule has 0 saturated heterocycles. The molecule has 0 aromatic heterocycles. The van der Waals surface area contributed by atoms with Gasteiger partial charge < -0.3 is 11.1 Å². The molecule has 1 amide bonds. The van der Waals surface area contributed by atoms with Gasteiger partial charge in [-0.2, -0.15) is 0 Å². The van der Waals surface area contributed by atoms with Crippen molar-refractivity contribution in [3.63, 3.8) is 0 Å². The second kappa shape index (κ2) is 9.23. The molecular weight excluding hydrogens is 314 g/mol. The fraction of sp³-hybridized carbons (Fsp3) is 0.533. The normalized spacial score (nSPS) is 12.2. The maximum absolute atomic E-state index is 13.5. The van der Waals surface area contributed by atoms with Crippen LogP contribution in [0.2, 0.25) is 10.0 Å². The Morgan fingerprint density at radius 2 is 1.95 bits per heavy atom. The number of benzene rings is 1. The van der Waals surface area contributed by atoms with Crippen molar-refractivity contribution >= 4 is 29.1 Å². The molecule has 0 radical (unpaired) electrons. The van der Waals surface area contributed by atoms with Gasteiger partial charge in [-0.1, -0.05) is 36.0 Å². The first-order valence-electron chi connectivity index (χ1n) is 7.10. The van der Waals surface area contributed by atoms with Crippen LogP contribution in [0.3, 0.4) is 0 Å². The minimum absolute atomic E-state index is 0.0433. The van der Waals surface area contributed by atoms with E-state index in [1.807, 2.05) is 0 Å². The Morgan fingerprint density at radius 1 is 1.29 bits per heavy atom. The third-order valence-electron chi connectivity index (χ3n) is 3.25. The number of nitrogens with one attached hydrogen (secondary N) is 1. The lowest BCUT2D eigenvalue weighted by Crippen LogP contribution is -2.26. The van der Waals surface area contributed by atoms with Crippen molar-refractivity contribution in [2.45, 2.75) is 45.1 Å². The summed E-state index contributed by atoms with van der Waals surface area (Å²) in [6, 6.07) is 2.21. The van der Waals surface area contributed by atoms with Gasteiger partial charge in [0.15, 0.2) is 0 Å². The van der Waals surface area contributed by atoms with Crippen molar-refractivity contribution in [2.75, 3.05) is 6.54 Å². The van der Waals surface area contributed by atoms with Gasteiger partial charge in [0.2, 0.25) is 5.91 Å². The van der Waals surface area contributed by atoms with Crippen LogP contribution in [0.1, 0.15) is 50.6 Å². The van der Waals surface area contributed by atoms with Crippen molar-refractivity contribution < 1.29 is 9.18 Å². The van der Waals surface area contributed by atoms with Gasteiger partial charge in [0.05, 0.1) is 11.1 Å². The Morgan fingerprint density at radius 3 is 2.62 bits per heavy atom. The predicted molar refractivity (Wildman–Crippen MR) is 85.1 cm³/mol. The maximum atomic E-state index is 13.5. The fourth-order valence-corrected chi connectivity index (χ4v) is 2.81. The number of nitrogens with two attached hydrogens (primary N) is 1. The summed E-state index contributed by atoms with van der Waals surface area (Å²) in [5, 5.41) is 3.10. The van der Waals surface area contributed by atoms with Gasteiger partial charge in [-0.25, -0.2) is 4.39 Å². The second-order valence-corrected chi connectivity index (χ2v) is 5.78. The van der Waals surface area contributed by atoms with Crippen molar-refractivity contribution in [3.05, 3.63) is 33.6 Å². The summed E-state index contributed by atoms with van der Waals surface area (Å²) in [5.41, 5.74) is 5.82. The van der Waals surface area contributed by atoms with Crippen LogP contribution >= 0.6 is 23.2 Å². The van der Waals surface area contributed by atoms with E-state index in [1.165, 1.54) is 12.1 Å².